The van der Waals surface area contributed by atoms with E-state index in [0.29, 0.717) is 24.9 Å². The van der Waals surface area contributed by atoms with E-state index in [1.807, 2.05) is 0 Å². The number of hydrogen-bond acceptors (Lipinski definition) is 4. The van der Waals surface area contributed by atoms with Gasteiger partial charge in [0.05, 0.1) is 17.1 Å². The van der Waals surface area contributed by atoms with E-state index < -0.39 is 10.7 Å². The summed E-state index contributed by atoms with van der Waals surface area (Å²) in [5.41, 5.74) is 0.375. The van der Waals surface area contributed by atoms with Crippen LogP contribution in [0.25, 0.3) is 0 Å². The highest BCUT2D eigenvalue weighted by Gasteiger charge is 2.18. The van der Waals surface area contributed by atoms with Crippen molar-refractivity contribution in [3.05, 3.63) is 39.7 Å². The van der Waals surface area contributed by atoms with Crippen molar-refractivity contribution in [3.8, 4) is 0 Å². The van der Waals surface area contributed by atoms with Crippen molar-refractivity contribution in [2.24, 2.45) is 0 Å². The van der Waals surface area contributed by atoms with Crippen LogP contribution in [0.1, 0.15) is 18.4 Å². The summed E-state index contributed by atoms with van der Waals surface area (Å²) in [4.78, 5) is 12.1. The highest BCUT2D eigenvalue weighted by molar-refractivity contribution is 5.35. The normalized spacial score (nSPS) is 17.9. The number of halogens is 1. The SMILES string of the molecule is O=[N+]([O-])c1cc(F)cc(CN2CCC(O)CC2)c1. The first-order chi connectivity index (χ1) is 8.54. The quantitative estimate of drug-likeness (QED) is 0.658. The molecule has 0 radical (unpaired) electrons. The maximum Gasteiger partial charge on any atom is 0.272 e. The summed E-state index contributed by atoms with van der Waals surface area (Å²) in [5.74, 6) is -0.587. The predicted octanol–water partition coefficient (Wildman–Crippen LogP) is 1.69. The third-order valence-corrected chi connectivity index (χ3v) is 3.12. The van der Waals surface area contributed by atoms with Gasteiger partial charge in [-0.05, 0) is 24.5 Å². The summed E-state index contributed by atoms with van der Waals surface area (Å²) in [6.45, 7) is 1.93. The third-order valence-electron chi connectivity index (χ3n) is 3.12. The fourth-order valence-corrected chi connectivity index (χ4v) is 2.17. The lowest BCUT2D eigenvalue weighted by Gasteiger charge is -2.29. The first kappa shape index (κ1) is 12.9. The molecule has 5 nitrogen and oxygen atoms in total. The molecule has 0 spiro atoms. The van der Waals surface area contributed by atoms with E-state index in [0.717, 1.165) is 19.2 Å². The van der Waals surface area contributed by atoms with Gasteiger partial charge < -0.3 is 5.11 Å². The van der Waals surface area contributed by atoms with Gasteiger partial charge in [-0.1, -0.05) is 0 Å². The number of nitro benzene ring substituents is 1. The van der Waals surface area contributed by atoms with Gasteiger partial charge in [-0.2, -0.15) is 0 Å². The number of likely N-dealkylation sites (tertiary alicyclic amines) is 1. The first-order valence-electron chi connectivity index (χ1n) is 5.89. The molecule has 0 saturated carbocycles. The number of non-ortho nitro benzene ring substituents is 1. The van der Waals surface area contributed by atoms with E-state index in [1.54, 1.807) is 0 Å². The zero-order valence-electron chi connectivity index (χ0n) is 9.88. The summed E-state index contributed by atoms with van der Waals surface area (Å²) in [7, 11) is 0. The minimum Gasteiger partial charge on any atom is -0.393 e. The summed E-state index contributed by atoms with van der Waals surface area (Å²) in [6.07, 6.45) is 1.12. The standard InChI is InChI=1S/C12H15FN2O3/c13-10-5-9(6-11(7-10)15(17)18)8-14-3-1-12(16)2-4-14/h5-7,12,16H,1-4,8H2. The molecule has 2 rings (SSSR count). The second-order valence-corrected chi connectivity index (χ2v) is 4.58. The molecule has 0 unspecified atom stereocenters. The Bertz CT molecular complexity index is 445. The predicted molar refractivity (Wildman–Crippen MR) is 63.6 cm³/mol. The fraction of sp³-hybridized carbons (Fsp3) is 0.500. The number of rotatable bonds is 3. The fourth-order valence-electron chi connectivity index (χ4n) is 2.17. The molecule has 1 aromatic carbocycles. The molecular formula is C12H15FN2O3. The minimum atomic E-state index is -0.591. The Morgan fingerprint density at radius 3 is 2.67 bits per heavy atom. The summed E-state index contributed by atoms with van der Waals surface area (Å²) < 4.78 is 13.2. The van der Waals surface area contributed by atoms with Gasteiger partial charge in [0.25, 0.3) is 5.69 Å². The van der Waals surface area contributed by atoms with Crippen LogP contribution in [0.4, 0.5) is 10.1 Å². The zero-order valence-corrected chi connectivity index (χ0v) is 9.88. The largest absolute Gasteiger partial charge is 0.393 e. The van der Waals surface area contributed by atoms with Gasteiger partial charge in [-0.15, -0.1) is 0 Å². The second kappa shape index (κ2) is 5.41. The molecule has 1 aromatic rings. The van der Waals surface area contributed by atoms with E-state index in [2.05, 4.69) is 4.90 Å². The van der Waals surface area contributed by atoms with Gasteiger partial charge in [0.2, 0.25) is 0 Å². The average molecular weight is 254 g/mol. The van der Waals surface area contributed by atoms with Crippen molar-refractivity contribution in [1.29, 1.82) is 0 Å². The van der Waals surface area contributed by atoms with E-state index in [1.165, 1.54) is 12.1 Å². The van der Waals surface area contributed by atoms with E-state index in [-0.39, 0.29) is 11.8 Å². The van der Waals surface area contributed by atoms with Crippen LogP contribution in [0.5, 0.6) is 0 Å². The van der Waals surface area contributed by atoms with Crippen LogP contribution in [0.2, 0.25) is 0 Å². The van der Waals surface area contributed by atoms with Crippen molar-refractivity contribution >= 4 is 5.69 Å². The number of aliphatic hydroxyl groups excluding tert-OH is 1. The molecule has 6 heteroatoms. The van der Waals surface area contributed by atoms with Crippen LogP contribution in [0.15, 0.2) is 18.2 Å². The molecule has 0 aromatic heterocycles. The van der Waals surface area contributed by atoms with Gasteiger partial charge in [-0.3, -0.25) is 15.0 Å². The van der Waals surface area contributed by atoms with Gasteiger partial charge in [0, 0.05) is 25.7 Å². The number of aliphatic hydroxyl groups is 1. The molecule has 0 atom stereocenters. The second-order valence-electron chi connectivity index (χ2n) is 4.58. The molecule has 1 aliphatic rings. The maximum atomic E-state index is 13.2. The van der Waals surface area contributed by atoms with Crippen molar-refractivity contribution in [2.45, 2.75) is 25.5 Å². The molecule has 98 valence electrons. The molecular weight excluding hydrogens is 239 g/mol. The van der Waals surface area contributed by atoms with Crippen LogP contribution in [-0.2, 0) is 6.54 Å². The minimum absolute atomic E-state index is 0.220. The Hall–Kier alpha value is -1.53. The monoisotopic (exact) mass is 254 g/mol. The average Bonchev–Trinajstić information content (AvgIpc) is 2.31. The molecule has 0 aliphatic carbocycles. The Kier molecular flexibility index (Phi) is 3.88. The maximum absolute atomic E-state index is 13.2. The van der Waals surface area contributed by atoms with Crippen molar-refractivity contribution in [2.75, 3.05) is 13.1 Å². The lowest BCUT2D eigenvalue weighted by molar-refractivity contribution is -0.385. The topological polar surface area (TPSA) is 66.6 Å². The molecule has 1 heterocycles. The molecule has 0 amide bonds. The smallest absolute Gasteiger partial charge is 0.272 e. The molecule has 18 heavy (non-hydrogen) atoms. The number of benzene rings is 1. The Balaban J connectivity index is 2.07. The molecule has 1 N–H and O–H groups in total. The third kappa shape index (κ3) is 3.24. The van der Waals surface area contributed by atoms with Gasteiger partial charge >= 0.3 is 0 Å². The summed E-state index contributed by atoms with van der Waals surface area (Å²) in [6, 6.07) is 3.63. The Morgan fingerprint density at radius 2 is 2.06 bits per heavy atom. The highest BCUT2D eigenvalue weighted by Crippen LogP contribution is 2.19. The highest BCUT2D eigenvalue weighted by atomic mass is 19.1. The van der Waals surface area contributed by atoms with E-state index in [4.69, 9.17) is 0 Å². The number of piperidine rings is 1. The number of nitrogens with zero attached hydrogens (tertiary/aromatic N) is 2. The van der Waals surface area contributed by atoms with Crippen LogP contribution in [-0.4, -0.2) is 34.1 Å². The molecule has 1 saturated heterocycles. The van der Waals surface area contributed by atoms with Gasteiger partial charge in [0.1, 0.15) is 5.82 Å². The lowest BCUT2D eigenvalue weighted by Crippen LogP contribution is -2.35. The number of hydrogen-bond donors (Lipinski definition) is 1. The van der Waals surface area contributed by atoms with Crippen molar-refractivity contribution in [3.63, 3.8) is 0 Å². The van der Waals surface area contributed by atoms with Crippen LogP contribution in [0, 0.1) is 15.9 Å². The Labute approximate surface area is 104 Å². The Morgan fingerprint density at radius 1 is 1.39 bits per heavy atom. The van der Waals surface area contributed by atoms with E-state index >= 15 is 0 Å². The van der Waals surface area contributed by atoms with Crippen molar-refractivity contribution < 1.29 is 14.4 Å². The van der Waals surface area contributed by atoms with Gasteiger partial charge in [-0.25, -0.2) is 4.39 Å². The summed E-state index contributed by atoms with van der Waals surface area (Å²) >= 11 is 0. The molecule has 1 fully saturated rings. The van der Waals surface area contributed by atoms with Crippen LogP contribution in [0.3, 0.4) is 0 Å². The van der Waals surface area contributed by atoms with Crippen molar-refractivity contribution in [1.82, 2.24) is 4.90 Å². The van der Waals surface area contributed by atoms with Crippen LogP contribution >= 0.6 is 0 Å². The van der Waals surface area contributed by atoms with Gasteiger partial charge in [0.15, 0.2) is 0 Å². The molecule has 1 aliphatic heterocycles. The number of nitro groups is 1. The molecule has 0 bridgehead atoms. The summed E-state index contributed by atoms with van der Waals surface area (Å²) in [5, 5.41) is 20.0. The lowest BCUT2D eigenvalue weighted by atomic mass is 10.1. The zero-order chi connectivity index (χ0) is 13.1. The first-order valence-corrected chi connectivity index (χ1v) is 5.89. The van der Waals surface area contributed by atoms with E-state index in [9.17, 15) is 19.6 Å². The van der Waals surface area contributed by atoms with Crippen LogP contribution < -0.4 is 0 Å².